The molecule has 2 rings (SSSR count). The van der Waals surface area contributed by atoms with Gasteiger partial charge in [-0.1, -0.05) is 6.92 Å². The Morgan fingerprint density at radius 3 is 2.76 bits per heavy atom. The van der Waals surface area contributed by atoms with Crippen molar-refractivity contribution in [2.45, 2.75) is 30.9 Å². The highest BCUT2D eigenvalue weighted by Gasteiger charge is 2.30. The maximum absolute atomic E-state index is 12.4. The Bertz CT molecular complexity index is 490. The molecular weight excluding hydrogens is 322 g/mol. The molecule has 0 saturated carbocycles. The van der Waals surface area contributed by atoms with E-state index >= 15 is 0 Å². The lowest BCUT2D eigenvalue weighted by molar-refractivity contribution is 0.281. The Balaban J connectivity index is 2.29. The fourth-order valence-electron chi connectivity index (χ4n) is 2.05. The molecule has 0 amide bonds. The van der Waals surface area contributed by atoms with Gasteiger partial charge in [-0.25, -0.2) is 8.42 Å². The monoisotopic (exact) mass is 337 g/mol. The number of halogens is 1. The third-order valence-corrected chi connectivity index (χ3v) is 7.50. The summed E-state index contributed by atoms with van der Waals surface area (Å²) in [7, 11) is -3.27. The minimum absolute atomic E-state index is 0.455. The molecule has 1 aromatic rings. The van der Waals surface area contributed by atoms with E-state index in [4.69, 9.17) is 0 Å². The number of piperidine rings is 1. The number of sulfonamides is 1. The predicted molar refractivity (Wildman–Crippen MR) is 73.9 cm³/mol. The van der Waals surface area contributed by atoms with Crippen LogP contribution < -0.4 is 0 Å². The summed E-state index contributed by atoms with van der Waals surface area (Å²) < 4.78 is 27.8. The van der Waals surface area contributed by atoms with Crippen molar-refractivity contribution < 1.29 is 8.42 Å². The molecule has 1 atom stereocenters. The van der Waals surface area contributed by atoms with E-state index < -0.39 is 10.0 Å². The van der Waals surface area contributed by atoms with E-state index in [1.165, 1.54) is 11.3 Å². The van der Waals surface area contributed by atoms with Crippen molar-refractivity contribution in [1.82, 2.24) is 4.31 Å². The molecule has 1 aromatic heterocycles. The third-order valence-electron chi connectivity index (χ3n) is 3.05. The summed E-state index contributed by atoms with van der Waals surface area (Å²) in [6.07, 6.45) is 2.09. The molecule has 96 valence electrons. The van der Waals surface area contributed by atoms with Gasteiger partial charge in [0, 0.05) is 13.1 Å². The predicted octanol–water partition coefficient (Wildman–Crippen LogP) is 3.24. The average Bonchev–Trinajstić information content (AvgIpc) is 2.60. The minimum atomic E-state index is -3.27. The zero-order chi connectivity index (χ0) is 12.6. The first-order valence-corrected chi connectivity index (χ1v) is 8.72. The largest absolute Gasteiger partial charge is 0.252 e. The van der Waals surface area contributed by atoms with E-state index in [9.17, 15) is 8.42 Å². The second kappa shape index (κ2) is 4.99. The molecule has 0 radical (unpaired) electrons. The molecule has 1 fully saturated rings. The molecule has 17 heavy (non-hydrogen) atoms. The Morgan fingerprint density at radius 1 is 1.53 bits per heavy atom. The van der Waals surface area contributed by atoms with E-state index in [2.05, 4.69) is 22.9 Å². The van der Waals surface area contributed by atoms with Crippen molar-refractivity contribution in [1.29, 1.82) is 0 Å². The van der Waals surface area contributed by atoms with Crippen molar-refractivity contribution in [3.05, 3.63) is 15.4 Å². The molecule has 0 N–H and O–H groups in total. The van der Waals surface area contributed by atoms with Gasteiger partial charge in [-0.05, 0) is 53.2 Å². The number of hydrogen-bond acceptors (Lipinski definition) is 3. The van der Waals surface area contributed by atoms with E-state index in [0.29, 0.717) is 23.2 Å². The van der Waals surface area contributed by atoms with Crippen LogP contribution in [0.25, 0.3) is 0 Å². The third kappa shape index (κ3) is 2.75. The van der Waals surface area contributed by atoms with Crippen LogP contribution in [0.3, 0.4) is 0 Å². The van der Waals surface area contributed by atoms with Crippen LogP contribution in [0.5, 0.6) is 0 Å². The van der Waals surface area contributed by atoms with E-state index in [0.717, 1.165) is 22.2 Å². The summed E-state index contributed by atoms with van der Waals surface area (Å²) in [5.41, 5.74) is 0.985. The van der Waals surface area contributed by atoms with Crippen molar-refractivity contribution in [3.63, 3.8) is 0 Å². The van der Waals surface area contributed by atoms with Crippen LogP contribution in [0.4, 0.5) is 0 Å². The lowest BCUT2D eigenvalue weighted by Gasteiger charge is -2.29. The first kappa shape index (κ1) is 13.5. The molecule has 1 saturated heterocycles. The number of hydrogen-bond donors (Lipinski definition) is 0. The summed E-state index contributed by atoms with van der Waals surface area (Å²) in [5, 5.41) is 0. The Kier molecular flexibility index (Phi) is 3.97. The minimum Gasteiger partial charge on any atom is -0.206 e. The zero-order valence-electron chi connectivity index (χ0n) is 9.94. The summed E-state index contributed by atoms with van der Waals surface area (Å²) in [6, 6.07) is 1.75. The molecule has 1 unspecified atom stereocenters. The van der Waals surface area contributed by atoms with Crippen LogP contribution in [0.2, 0.25) is 0 Å². The van der Waals surface area contributed by atoms with Crippen molar-refractivity contribution in [2.75, 3.05) is 13.1 Å². The van der Waals surface area contributed by atoms with Crippen LogP contribution >= 0.6 is 27.3 Å². The SMILES string of the molecule is Cc1cc(S(=O)(=O)N2CCCC(C)C2)sc1Br. The van der Waals surface area contributed by atoms with E-state index in [-0.39, 0.29) is 0 Å². The van der Waals surface area contributed by atoms with Gasteiger partial charge in [-0.3, -0.25) is 0 Å². The molecule has 3 nitrogen and oxygen atoms in total. The molecule has 2 heterocycles. The molecule has 1 aliphatic heterocycles. The fraction of sp³-hybridized carbons (Fsp3) is 0.636. The number of aryl methyl sites for hydroxylation is 1. The molecule has 0 spiro atoms. The maximum atomic E-state index is 12.4. The van der Waals surface area contributed by atoms with Gasteiger partial charge in [0.15, 0.2) is 0 Å². The topological polar surface area (TPSA) is 37.4 Å². The zero-order valence-corrected chi connectivity index (χ0v) is 13.2. The van der Waals surface area contributed by atoms with E-state index in [1.54, 1.807) is 10.4 Å². The van der Waals surface area contributed by atoms with Gasteiger partial charge in [0.2, 0.25) is 0 Å². The summed E-state index contributed by atoms with van der Waals surface area (Å²) in [4.78, 5) is 0. The Labute approximate surface area is 115 Å². The first-order valence-electron chi connectivity index (χ1n) is 5.67. The number of nitrogens with zero attached hydrogens (tertiary/aromatic N) is 1. The Hall–Kier alpha value is 0.0900. The highest BCUT2D eigenvalue weighted by Crippen LogP contribution is 2.33. The standard InChI is InChI=1S/C11H16BrNO2S2/c1-8-4-3-5-13(7-8)17(14,15)10-6-9(2)11(12)16-10/h6,8H,3-5,7H2,1-2H3. The van der Waals surface area contributed by atoms with Gasteiger partial charge in [-0.15, -0.1) is 11.3 Å². The van der Waals surface area contributed by atoms with Crippen molar-refractivity contribution in [2.24, 2.45) is 5.92 Å². The van der Waals surface area contributed by atoms with Gasteiger partial charge in [0.1, 0.15) is 4.21 Å². The van der Waals surface area contributed by atoms with Crippen LogP contribution in [0.15, 0.2) is 14.1 Å². The average molecular weight is 338 g/mol. The van der Waals surface area contributed by atoms with Crippen LogP contribution in [0.1, 0.15) is 25.3 Å². The van der Waals surface area contributed by atoms with Crippen molar-refractivity contribution >= 4 is 37.3 Å². The summed E-state index contributed by atoms with van der Waals surface area (Å²) in [5.74, 6) is 0.461. The maximum Gasteiger partial charge on any atom is 0.252 e. The fourth-order valence-corrected chi connectivity index (χ4v) is 6.03. The van der Waals surface area contributed by atoms with Gasteiger partial charge in [0.25, 0.3) is 10.0 Å². The highest BCUT2D eigenvalue weighted by atomic mass is 79.9. The summed E-state index contributed by atoms with van der Waals surface area (Å²) in [6.45, 7) is 5.33. The smallest absolute Gasteiger partial charge is 0.206 e. The first-order chi connectivity index (χ1) is 7.91. The molecule has 1 aliphatic rings. The van der Waals surface area contributed by atoms with Crippen LogP contribution in [0, 0.1) is 12.8 Å². The summed E-state index contributed by atoms with van der Waals surface area (Å²) >= 11 is 4.68. The van der Waals surface area contributed by atoms with Crippen LogP contribution in [-0.4, -0.2) is 25.8 Å². The second-order valence-electron chi connectivity index (χ2n) is 4.63. The molecule has 0 aliphatic carbocycles. The molecule has 0 bridgehead atoms. The number of thiophene rings is 1. The van der Waals surface area contributed by atoms with E-state index in [1.807, 2.05) is 6.92 Å². The second-order valence-corrected chi connectivity index (χ2v) is 9.17. The quantitative estimate of drug-likeness (QED) is 0.830. The lowest BCUT2D eigenvalue weighted by Crippen LogP contribution is -2.38. The highest BCUT2D eigenvalue weighted by molar-refractivity contribution is 9.11. The normalized spacial score (nSPS) is 22.9. The van der Waals surface area contributed by atoms with Gasteiger partial charge >= 0.3 is 0 Å². The van der Waals surface area contributed by atoms with Crippen molar-refractivity contribution in [3.8, 4) is 0 Å². The Morgan fingerprint density at radius 2 is 2.24 bits per heavy atom. The molecule has 6 heteroatoms. The van der Waals surface area contributed by atoms with Gasteiger partial charge in [0.05, 0.1) is 3.79 Å². The lowest BCUT2D eigenvalue weighted by atomic mass is 10.0. The molecular formula is C11H16BrNO2S2. The van der Waals surface area contributed by atoms with Gasteiger partial charge in [-0.2, -0.15) is 4.31 Å². The van der Waals surface area contributed by atoms with Crippen LogP contribution in [-0.2, 0) is 10.0 Å². The molecule has 0 aromatic carbocycles. The number of rotatable bonds is 2. The van der Waals surface area contributed by atoms with Gasteiger partial charge < -0.3 is 0 Å².